The molecule has 1 fully saturated rings. The van der Waals surface area contributed by atoms with Crippen molar-refractivity contribution in [3.05, 3.63) is 59.9 Å². The van der Waals surface area contributed by atoms with Crippen molar-refractivity contribution in [1.82, 2.24) is 14.5 Å². The molecule has 2 aromatic heterocycles. The number of halogens is 3. The number of imidazole rings is 1. The van der Waals surface area contributed by atoms with Gasteiger partial charge in [0.1, 0.15) is 12.5 Å². The van der Waals surface area contributed by atoms with Crippen LogP contribution in [0, 0.1) is 6.92 Å². The van der Waals surface area contributed by atoms with E-state index in [2.05, 4.69) is 40.5 Å². The Morgan fingerprint density at radius 3 is 2.36 bits per heavy atom. The molecule has 0 amide bonds. The topological polar surface area (TPSA) is 46.4 Å². The average Bonchev–Trinajstić information content (AvgIpc) is 3.26. The van der Waals surface area contributed by atoms with Crippen molar-refractivity contribution in [2.24, 2.45) is 0 Å². The highest BCUT2D eigenvalue weighted by Gasteiger charge is 2.31. The van der Waals surface area contributed by atoms with Crippen LogP contribution in [0.15, 0.2) is 48.8 Å². The largest absolute Gasteiger partial charge is 0.416 e. The third-order valence-corrected chi connectivity index (χ3v) is 7.95. The molecule has 1 aromatic carbocycles. The standard InChI is InChI=1S/C26H34F3N5OSi/c1-20-8-9-24(30-17-20)32-10-12-33(13-11-32)25-31-23(18-34(25)19-35-14-15-36(2,3)4)21-6-5-7-22(16-21)26(27,28)29/h5-9,16-18H,10-15,19H2,1-4H3. The van der Waals surface area contributed by atoms with Crippen LogP contribution in [0.3, 0.4) is 0 Å². The Morgan fingerprint density at radius 2 is 1.72 bits per heavy atom. The van der Waals surface area contributed by atoms with Gasteiger partial charge in [-0.15, -0.1) is 0 Å². The van der Waals surface area contributed by atoms with Crippen molar-refractivity contribution >= 4 is 19.8 Å². The zero-order chi connectivity index (χ0) is 25.9. The van der Waals surface area contributed by atoms with Crippen LogP contribution in [0.4, 0.5) is 24.9 Å². The van der Waals surface area contributed by atoms with Gasteiger partial charge in [-0.05, 0) is 36.7 Å². The number of pyridine rings is 1. The molecule has 10 heteroatoms. The van der Waals surface area contributed by atoms with Gasteiger partial charge in [-0.1, -0.05) is 37.8 Å². The van der Waals surface area contributed by atoms with Crippen molar-refractivity contribution in [3.63, 3.8) is 0 Å². The number of benzene rings is 1. The van der Waals surface area contributed by atoms with Crippen molar-refractivity contribution in [1.29, 1.82) is 0 Å². The molecule has 6 nitrogen and oxygen atoms in total. The van der Waals surface area contributed by atoms with Gasteiger partial charge >= 0.3 is 6.18 Å². The van der Waals surface area contributed by atoms with E-state index in [-0.39, 0.29) is 0 Å². The molecule has 0 radical (unpaired) electrons. The molecule has 1 aliphatic rings. The first-order valence-corrected chi connectivity index (χ1v) is 16.0. The zero-order valence-corrected chi connectivity index (χ0v) is 22.3. The molecular weight excluding hydrogens is 483 g/mol. The lowest BCUT2D eigenvalue weighted by Gasteiger charge is -2.36. The molecule has 0 aliphatic carbocycles. The molecule has 0 atom stereocenters. The van der Waals surface area contributed by atoms with E-state index < -0.39 is 19.8 Å². The van der Waals surface area contributed by atoms with E-state index in [4.69, 9.17) is 9.72 Å². The molecule has 194 valence electrons. The molecule has 0 bridgehead atoms. The number of ether oxygens (including phenoxy) is 1. The third-order valence-electron chi connectivity index (χ3n) is 6.25. The van der Waals surface area contributed by atoms with E-state index in [0.29, 0.717) is 30.5 Å². The minimum absolute atomic E-state index is 0.311. The smallest absolute Gasteiger partial charge is 0.361 e. The number of aromatic nitrogens is 3. The van der Waals surface area contributed by atoms with Crippen LogP contribution < -0.4 is 9.80 Å². The lowest BCUT2D eigenvalue weighted by Crippen LogP contribution is -2.47. The van der Waals surface area contributed by atoms with Crippen LogP contribution >= 0.6 is 0 Å². The molecule has 0 spiro atoms. The first-order chi connectivity index (χ1) is 17.0. The SMILES string of the molecule is Cc1ccc(N2CCN(c3nc(-c4cccc(C(F)(F)F)c4)cn3COCC[Si](C)(C)C)CC2)nc1. The maximum atomic E-state index is 13.3. The summed E-state index contributed by atoms with van der Waals surface area (Å²) in [5.74, 6) is 1.66. The van der Waals surface area contributed by atoms with Gasteiger partial charge in [0, 0.05) is 58.8 Å². The minimum Gasteiger partial charge on any atom is -0.361 e. The molecule has 3 aromatic rings. The number of anilines is 2. The molecule has 0 N–H and O–H groups in total. The molecular formula is C26H34F3N5OSi. The summed E-state index contributed by atoms with van der Waals surface area (Å²) in [6, 6.07) is 10.5. The van der Waals surface area contributed by atoms with E-state index in [1.54, 1.807) is 12.3 Å². The normalized spacial score (nSPS) is 15.0. The summed E-state index contributed by atoms with van der Waals surface area (Å²) in [7, 11) is -1.23. The average molecular weight is 518 g/mol. The Morgan fingerprint density at radius 1 is 1.00 bits per heavy atom. The summed E-state index contributed by atoms with van der Waals surface area (Å²) in [5, 5.41) is 0. The van der Waals surface area contributed by atoms with Gasteiger partial charge in [-0.3, -0.25) is 4.57 Å². The van der Waals surface area contributed by atoms with E-state index in [1.165, 1.54) is 6.07 Å². The van der Waals surface area contributed by atoms with E-state index in [0.717, 1.165) is 55.7 Å². The van der Waals surface area contributed by atoms with Gasteiger partial charge in [0.05, 0.1) is 11.3 Å². The summed E-state index contributed by atoms with van der Waals surface area (Å²) in [4.78, 5) is 13.7. The van der Waals surface area contributed by atoms with Gasteiger partial charge in [0.15, 0.2) is 0 Å². The van der Waals surface area contributed by atoms with Crippen LogP contribution in [0.1, 0.15) is 11.1 Å². The molecule has 0 unspecified atom stereocenters. The van der Waals surface area contributed by atoms with Gasteiger partial charge in [0.2, 0.25) is 5.95 Å². The first-order valence-electron chi connectivity index (χ1n) is 12.2. The molecule has 1 saturated heterocycles. The van der Waals surface area contributed by atoms with Crippen LogP contribution in [-0.2, 0) is 17.6 Å². The summed E-state index contributed by atoms with van der Waals surface area (Å²) in [6.07, 6.45) is -0.734. The lowest BCUT2D eigenvalue weighted by molar-refractivity contribution is -0.137. The second-order valence-corrected chi connectivity index (χ2v) is 16.1. The molecule has 4 rings (SSSR count). The number of aryl methyl sites for hydroxylation is 1. The van der Waals surface area contributed by atoms with Crippen molar-refractivity contribution < 1.29 is 17.9 Å². The van der Waals surface area contributed by atoms with Crippen molar-refractivity contribution in [2.75, 3.05) is 42.6 Å². The van der Waals surface area contributed by atoms with Crippen LogP contribution in [-0.4, -0.2) is 55.4 Å². The predicted octanol–water partition coefficient (Wildman–Crippen LogP) is 5.91. The van der Waals surface area contributed by atoms with Gasteiger partial charge in [-0.25, -0.2) is 9.97 Å². The maximum Gasteiger partial charge on any atom is 0.416 e. The van der Waals surface area contributed by atoms with Crippen molar-refractivity contribution in [2.45, 2.75) is 45.5 Å². The summed E-state index contributed by atoms with van der Waals surface area (Å²) in [6.45, 7) is 12.9. The second kappa shape index (κ2) is 10.6. The minimum atomic E-state index is -4.40. The number of alkyl halides is 3. The number of hydrogen-bond acceptors (Lipinski definition) is 5. The lowest BCUT2D eigenvalue weighted by atomic mass is 10.1. The van der Waals surface area contributed by atoms with E-state index in [9.17, 15) is 13.2 Å². The predicted molar refractivity (Wildman–Crippen MR) is 140 cm³/mol. The number of rotatable bonds is 8. The molecule has 0 saturated carbocycles. The second-order valence-electron chi connectivity index (χ2n) is 10.5. The van der Waals surface area contributed by atoms with Crippen LogP contribution in [0.2, 0.25) is 25.7 Å². The summed E-state index contributed by atoms with van der Waals surface area (Å²) < 4.78 is 47.8. The maximum absolute atomic E-state index is 13.3. The fourth-order valence-electron chi connectivity index (χ4n) is 4.07. The van der Waals surface area contributed by atoms with Gasteiger partial charge in [0.25, 0.3) is 0 Å². The fourth-order valence-corrected chi connectivity index (χ4v) is 4.83. The molecule has 36 heavy (non-hydrogen) atoms. The van der Waals surface area contributed by atoms with Crippen molar-refractivity contribution in [3.8, 4) is 11.3 Å². The number of hydrogen-bond donors (Lipinski definition) is 0. The zero-order valence-electron chi connectivity index (χ0n) is 21.3. The van der Waals surface area contributed by atoms with E-state index in [1.807, 2.05) is 23.8 Å². The Balaban J connectivity index is 1.54. The molecule has 1 aliphatic heterocycles. The summed E-state index contributed by atoms with van der Waals surface area (Å²) in [5.41, 5.74) is 1.39. The Hall–Kier alpha value is -2.85. The monoisotopic (exact) mass is 517 g/mol. The number of nitrogens with zero attached hydrogens (tertiary/aromatic N) is 5. The van der Waals surface area contributed by atoms with Gasteiger partial charge < -0.3 is 14.5 Å². The quantitative estimate of drug-likeness (QED) is 0.275. The first kappa shape index (κ1) is 26.2. The third kappa shape index (κ3) is 6.67. The fraction of sp³-hybridized carbons (Fsp3) is 0.462. The van der Waals surface area contributed by atoms with Crippen LogP contribution in [0.25, 0.3) is 11.3 Å². The Kier molecular flexibility index (Phi) is 7.75. The van der Waals surface area contributed by atoms with E-state index >= 15 is 0 Å². The highest BCUT2D eigenvalue weighted by Crippen LogP contribution is 2.33. The summed E-state index contributed by atoms with van der Waals surface area (Å²) >= 11 is 0. The number of piperazine rings is 1. The highest BCUT2D eigenvalue weighted by atomic mass is 28.3. The Labute approximate surface area is 211 Å². The molecule has 3 heterocycles. The Bertz CT molecular complexity index is 1150. The van der Waals surface area contributed by atoms with Crippen LogP contribution in [0.5, 0.6) is 0 Å². The van der Waals surface area contributed by atoms with Gasteiger partial charge in [-0.2, -0.15) is 13.2 Å². The highest BCUT2D eigenvalue weighted by molar-refractivity contribution is 6.76.